The number of hydrogen-bond acceptors (Lipinski definition) is 6. The van der Waals surface area contributed by atoms with E-state index >= 15 is 0 Å². The first-order chi connectivity index (χ1) is 10.1. The van der Waals surface area contributed by atoms with Gasteiger partial charge in [0.25, 0.3) is 5.69 Å². The second kappa shape index (κ2) is 6.29. The van der Waals surface area contributed by atoms with Gasteiger partial charge in [-0.3, -0.25) is 15.5 Å². The van der Waals surface area contributed by atoms with Crippen molar-refractivity contribution in [2.24, 2.45) is 5.10 Å². The van der Waals surface area contributed by atoms with Gasteiger partial charge >= 0.3 is 0 Å². The summed E-state index contributed by atoms with van der Waals surface area (Å²) >= 11 is 0. The van der Waals surface area contributed by atoms with Crippen molar-refractivity contribution in [3.05, 3.63) is 69.8 Å². The Labute approximate surface area is 119 Å². The number of rotatable bonds is 5. The number of nitrogens with zero attached hydrogens (tertiary/aromatic N) is 2. The molecule has 7 heteroatoms. The highest BCUT2D eigenvalue weighted by Crippen LogP contribution is 2.15. The molecule has 0 aliphatic rings. The number of carboxylic acids is 1. The molecule has 0 amide bonds. The Hall–Kier alpha value is -3.22. The maximum atomic E-state index is 10.8. The molecular weight excluding hydrogens is 274 g/mol. The molecule has 0 unspecified atom stereocenters. The van der Waals surface area contributed by atoms with Crippen molar-refractivity contribution in [1.82, 2.24) is 0 Å². The van der Waals surface area contributed by atoms with Crippen molar-refractivity contribution in [3.8, 4) is 0 Å². The van der Waals surface area contributed by atoms with Crippen LogP contribution in [0.4, 0.5) is 11.4 Å². The molecule has 0 spiro atoms. The number of nitrogens with one attached hydrogen (secondary N) is 1. The number of aromatic carboxylic acids is 1. The van der Waals surface area contributed by atoms with E-state index in [0.717, 1.165) is 0 Å². The van der Waals surface area contributed by atoms with Gasteiger partial charge in [0.1, 0.15) is 0 Å². The average molecular weight is 284 g/mol. The van der Waals surface area contributed by atoms with E-state index in [1.165, 1.54) is 36.5 Å². The Balaban J connectivity index is 2.09. The van der Waals surface area contributed by atoms with Crippen LogP contribution < -0.4 is 10.5 Å². The first-order valence-electron chi connectivity index (χ1n) is 5.92. The van der Waals surface area contributed by atoms with Gasteiger partial charge in [-0.1, -0.05) is 24.3 Å². The Morgan fingerprint density at radius 3 is 2.43 bits per heavy atom. The summed E-state index contributed by atoms with van der Waals surface area (Å²) in [6, 6.07) is 12.0. The van der Waals surface area contributed by atoms with E-state index in [2.05, 4.69) is 10.5 Å². The molecule has 0 saturated carbocycles. The number of carbonyl (C=O) groups excluding carboxylic acids is 1. The van der Waals surface area contributed by atoms with Crippen molar-refractivity contribution in [3.63, 3.8) is 0 Å². The van der Waals surface area contributed by atoms with Gasteiger partial charge in [0, 0.05) is 6.07 Å². The van der Waals surface area contributed by atoms with Gasteiger partial charge in [-0.15, -0.1) is 0 Å². The van der Waals surface area contributed by atoms with Gasteiger partial charge in [0.05, 0.1) is 28.4 Å². The maximum absolute atomic E-state index is 10.8. The van der Waals surface area contributed by atoms with Gasteiger partial charge in [-0.2, -0.15) is 5.10 Å². The van der Waals surface area contributed by atoms with Crippen LogP contribution in [0.1, 0.15) is 15.9 Å². The van der Waals surface area contributed by atoms with Gasteiger partial charge in [-0.05, 0) is 23.8 Å². The third-order valence-electron chi connectivity index (χ3n) is 2.65. The maximum Gasteiger partial charge on any atom is 0.278 e. The standard InChI is InChI=1S/C14H11N3O4/c18-14(19)10-5-7-12(8-6-10)16-15-9-11-3-1-2-4-13(11)17(20)21/h1-9,16H,(H,18,19)/p-1/b15-9-. The van der Waals surface area contributed by atoms with E-state index in [1.54, 1.807) is 18.2 Å². The summed E-state index contributed by atoms with van der Waals surface area (Å²) < 4.78 is 0. The van der Waals surface area contributed by atoms with E-state index in [-0.39, 0.29) is 11.3 Å². The van der Waals surface area contributed by atoms with Gasteiger partial charge in [0.15, 0.2) is 0 Å². The van der Waals surface area contributed by atoms with E-state index < -0.39 is 10.9 Å². The summed E-state index contributed by atoms with van der Waals surface area (Å²) in [7, 11) is 0. The number of anilines is 1. The van der Waals surface area contributed by atoms with Crippen LogP contribution in [0.5, 0.6) is 0 Å². The van der Waals surface area contributed by atoms with Gasteiger partial charge in [-0.25, -0.2) is 0 Å². The highest BCUT2D eigenvalue weighted by atomic mass is 16.6. The lowest BCUT2D eigenvalue weighted by atomic mass is 10.2. The van der Waals surface area contributed by atoms with E-state index in [0.29, 0.717) is 11.3 Å². The van der Waals surface area contributed by atoms with Crippen LogP contribution in [0, 0.1) is 10.1 Å². The Bertz CT molecular complexity index is 696. The van der Waals surface area contributed by atoms with Crippen LogP contribution in [-0.4, -0.2) is 17.1 Å². The first kappa shape index (κ1) is 14.2. The zero-order valence-electron chi connectivity index (χ0n) is 10.7. The molecule has 106 valence electrons. The fraction of sp³-hybridized carbons (Fsp3) is 0. The first-order valence-corrected chi connectivity index (χ1v) is 5.92. The minimum absolute atomic E-state index is 0.0460. The molecule has 1 N–H and O–H groups in total. The van der Waals surface area contributed by atoms with Crippen molar-refractivity contribution in [1.29, 1.82) is 0 Å². The molecule has 2 aromatic rings. The number of carbonyl (C=O) groups is 1. The molecule has 0 bridgehead atoms. The number of nitro benzene ring substituents is 1. The number of hydrazone groups is 1. The normalized spacial score (nSPS) is 10.5. The minimum Gasteiger partial charge on any atom is -0.545 e. The predicted molar refractivity (Wildman–Crippen MR) is 75.1 cm³/mol. The monoisotopic (exact) mass is 284 g/mol. The largest absolute Gasteiger partial charge is 0.545 e. The minimum atomic E-state index is -1.26. The molecule has 21 heavy (non-hydrogen) atoms. The van der Waals surface area contributed by atoms with Crippen molar-refractivity contribution in [2.45, 2.75) is 0 Å². The van der Waals surface area contributed by atoms with Crippen LogP contribution in [0.3, 0.4) is 0 Å². The van der Waals surface area contributed by atoms with Crippen molar-refractivity contribution in [2.75, 3.05) is 5.43 Å². The van der Waals surface area contributed by atoms with Crippen molar-refractivity contribution >= 4 is 23.6 Å². The highest BCUT2D eigenvalue weighted by Gasteiger charge is 2.09. The van der Waals surface area contributed by atoms with Crippen LogP contribution in [0.15, 0.2) is 53.6 Å². The molecule has 0 radical (unpaired) electrons. The molecule has 2 aromatic carbocycles. The lowest BCUT2D eigenvalue weighted by molar-refractivity contribution is -0.385. The Morgan fingerprint density at radius 2 is 1.81 bits per heavy atom. The fourth-order valence-electron chi connectivity index (χ4n) is 1.62. The topological polar surface area (TPSA) is 108 Å². The third-order valence-corrected chi connectivity index (χ3v) is 2.65. The van der Waals surface area contributed by atoms with Crippen molar-refractivity contribution < 1.29 is 14.8 Å². The SMILES string of the molecule is O=C([O-])c1ccc(N/N=C\c2ccccc2[N+](=O)[O-])cc1. The summed E-state index contributed by atoms with van der Waals surface area (Å²) in [4.78, 5) is 20.9. The van der Waals surface area contributed by atoms with E-state index in [9.17, 15) is 20.0 Å². The zero-order valence-corrected chi connectivity index (χ0v) is 10.7. The Morgan fingerprint density at radius 1 is 1.14 bits per heavy atom. The molecule has 7 nitrogen and oxygen atoms in total. The molecule has 2 rings (SSSR count). The molecule has 0 aliphatic heterocycles. The highest BCUT2D eigenvalue weighted by molar-refractivity contribution is 5.87. The number of hydrogen-bond donors (Lipinski definition) is 1. The summed E-state index contributed by atoms with van der Waals surface area (Å²) in [5.41, 5.74) is 3.58. The van der Waals surface area contributed by atoms with Gasteiger partial charge in [0.2, 0.25) is 0 Å². The van der Waals surface area contributed by atoms with Crippen LogP contribution in [-0.2, 0) is 0 Å². The lowest BCUT2D eigenvalue weighted by Crippen LogP contribution is -2.21. The molecule has 0 saturated heterocycles. The Kier molecular flexibility index (Phi) is 4.25. The van der Waals surface area contributed by atoms with Gasteiger partial charge < -0.3 is 9.90 Å². The summed E-state index contributed by atoms with van der Waals surface area (Å²) in [6.45, 7) is 0. The number of nitro groups is 1. The predicted octanol–water partition coefficient (Wildman–Crippen LogP) is 1.40. The molecule has 0 aromatic heterocycles. The second-order valence-corrected chi connectivity index (χ2v) is 4.05. The van der Waals surface area contributed by atoms with E-state index in [1.807, 2.05) is 0 Å². The molecular formula is C14H10N3O4-. The fourth-order valence-corrected chi connectivity index (χ4v) is 1.62. The molecule has 0 atom stereocenters. The van der Waals surface area contributed by atoms with Crippen LogP contribution >= 0.6 is 0 Å². The average Bonchev–Trinajstić information content (AvgIpc) is 2.48. The van der Waals surface area contributed by atoms with E-state index in [4.69, 9.17) is 0 Å². The van der Waals surface area contributed by atoms with Crippen LogP contribution in [0.25, 0.3) is 0 Å². The number of benzene rings is 2. The zero-order chi connectivity index (χ0) is 15.2. The summed E-state index contributed by atoms with van der Waals surface area (Å²) in [5, 5.41) is 25.3. The summed E-state index contributed by atoms with van der Waals surface area (Å²) in [6.07, 6.45) is 1.32. The number of carboxylic acid groups (broad SMARTS) is 1. The smallest absolute Gasteiger partial charge is 0.278 e. The number of para-hydroxylation sites is 1. The molecule has 0 fully saturated rings. The molecule has 0 aliphatic carbocycles. The second-order valence-electron chi connectivity index (χ2n) is 4.05. The summed E-state index contributed by atoms with van der Waals surface area (Å²) in [5.74, 6) is -1.26. The van der Waals surface area contributed by atoms with Crippen LogP contribution in [0.2, 0.25) is 0 Å². The molecule has 0 heterocycles. The lowest BCUT2D eigenvalue weighted by Gasteiger charge is -2.04. The quantitative estimate of drug-likeness (QED) is 0.507. The third kappa shape index (κ3) is 3.63.